The van der Waals surface area contributed by atoms with Crippen LogP contribution < -0.4 is 0 Å². The molecule has 0 spiro atoms. The Labute approximate surface area is 96.4 Å². The maximum atomic E-state index is 13.3. The van der Waals surface area contributed by atoms with Crippen LogP contribution in [0.2, 0.25) is 0 Å². The lowest BCUT2D eigenvalue weighted by Crippen LogP contribution is -1.99. The molecular weight excluding hydrogens is 230 g/mol. The topological polar surface area (TPSA) is 54.4 Å². The second kappa shape index (κ2) is 5.34. The van der Waals surface area contributed by atoms with Crippen LogP contribution in [0.4, 0.5) is 8.78 Å². The first-order chi connectivity index (χ1) is 7.91. The number of Topliss-reactive ketones (excluding diaryl/α,β-unsaturated/α-hetero) is 1. The van der Waals surface area contributed by atoms with Crippen LogP contribution in [0.3, 0.4) is 0 Å². The lowest BCUT2D eigenvalue weighted by molar-refractivity contribution is -0.135. The molecule has 5 heteroatoms. The number of ketones is 1. The van der Waals surface area contributed by atoms with Crippen molar-refractivity contribution in [3.63, 3.8) is 0 Å². The van der Waals surface area contributed by atoms with Crippen molar-refractivity contribution >= 4 is 17.8 Å². The third-order valence-corrected chi connectivity index (χ3v) is 2.06. The maximum absolute atomic E-state index is 13.3. The highest BCUT2D eigenvalue weighted by Gasteiger charge is 2.11. The van der Waals surface area contributed by atoms with E-state index in [1.54, 1.807) is 0 Å². The van der Waals surface area contributed by atoms with Gasteiger partial charge in [0.1, 0.15) is 11.6 Å². The molecule has 0 fully saturated rings. The number of aliphatic carboxylic acids is 1. The first-order valence-corrected chi connectivity index (χ1v) is 4.80. The standard InChI is InChI=1S/C12H10F2O3/c1-7(15)9-5-8(3-2-4-12(16)17)10(13)6-11(9)14/h2-3,5-6H,4H2,1H3,(H,16,17). The minimum Gasteiger partial charge on any atom is -0.481 e. The van der Waals surface area contributed by atoms with E-state index in [-0.39, 0.29) is 17.5 Å². The molecule has 1 aromatic carbocycles. The molecule has 0 unspecified atom stereocenters. The molecule has 0 aliphatic rings. The summed E-state index contributed by atoms with van der Waals surface area (Å²) in [5.74, 6) is -3.34. The zero-order valence-electron chi connectivity index (χ0n) is 9.04. The van der Waals surface area contributed by atoms with Gasteiger partial charge in [0.05, 0.1) is 12.0 Å². The third-order valence-electron chi connectivity index (χ3n) is 2.06. The van der Waals surface area contributed by atoms with Crippen molar-refractivity contribution in [1.29, 1.82) is 0 Å². The van der Waals surface area contributed by atoms with Crippen molar-refractivity contribution in [2.24, 2.45) is 0 Å². The normalized spacial score (nSPS) is 10.8. The van der Waals surface area contributed by atoms with Crippen LogP contribution in [0, 0.1) is 11.6 Å². The molecule has 0 aliphatic heterocycles. The fraction of sp³-hybridized carbons (Fsp3) is 0.167. The van der Waals surface area contributed by atoms with E-state index in [1.807, 2.05) is 0 Å². The second-order valence-corrected chi connectivity index (χ2v) is 3.41. The smallest absolute Gasteiger partial charge is 0.307 e. The van der Waals surface area contributed by atoms with Gasteiger partial charge in [0.2, 0.25) is 0 Å². The Bertz CT molecular complexity index is 493. The van der Waals surface area contributed by atoms with Crippen LogP contribution in [0.15, 0.2) is 18.2 Å². The van der Waals surface area contributed by atoms with Crippen LogP contribution in [0.1, 0.15) is 29.3 Å². The summed E-state index contributed by atoms with van der Waals surface area (Å²) in [5, 5.41) is 8.39. The number of hydrogen-bond acceptors (Lipinski definition) is 2. The van der Waals surface area contributed by atoms with Gasteiger partial charge in [-0.05, 0) is 13.0 Å². The van der Waals surface area contributed by atoms with Crippen LogP contribution in [0.25, 0.3) is 6.08 Å². The fourth-order valence-electron chi connectivity index (χ4n) is 1.25. The van der Waals surface area contributed by atoms with Crippen LogP contribution in [-0.2, 0) is 4.79 Å². The molecular formula is C12H10F2O3. The molecule has 1 N–H and O–H groups in total. The van der Waals surface area contributed by atoms with Crippen LogP contribution in [0.5, 0.6) is 0 Å². The van der Waals surface area contributed by atoms with Crippen LogP contribution >= 0.6 is 0 Å². The molecule has 17 heavy (non-hydrogen) atoms. The summed E-state index contributed by atoms with van der Waals surface area (Å²) in [4.78, 5) is 21.3. The molecule has 90 valence electrons. The summed E-state index contributed by atoms with van der Waals surface area (Å²) < 4.78 is 26.4. The second-order valence-electron chi connectivity index (χ2n) is 3.41. The predicted octanol–water partition coefficient (Wildman–Crippen LogP) is 2.66. The van der Waals surface area contributed by atoms with E-state index in [9.17, 15) is 18.4 Å². The summed E-state index contributed by atoms with van der Waals surface area (Å²) in [7, 11) is 0. The lowest BCUT2D eigenvalue weighted by Gasteiger charge is -2.02. The molecule has 0 heterocycles. The maximum Gasteiger partial charge on any atom is 0.307 e. The van der Waals surface area contributed by atoms with Gasteiger partial charge >= 0.3 is 5.97 Å². The molecule has 0 saturated carbocycles. The summed E-state index contributed by atoms with van der Waals surface area (Å²) in [5.41, 5.74) is -0.237. The average Bonchev–Trinajstić information content (AvgIpc) is 2.20. The molecule has 0 atom stereocenters. The average molecular weight is 240 g/mol. The van der Waals surface area contributed by atoms with Gasteiger partial charge in [0.25, 0.3) is 0 Å². The van der Waals surface area contributed by atoms with Crippen molar-refractivity contribution in [2.75, 3.05) is 0 Å². The van der Waals surface area contributed by atoms with Crippen molar-refractivity contribution in [3.8, 4) is 0 Å². The number of hydrogen-bond donors (Lipinski definition) is 1. The van der Waals surface area contributed by atoms with Crippen molar-refractivity contribution in [2.45, 2.75) is 13.3 Å². The summed E-state index contributed by atoms with van der Waals surface area (Å²) in [6.45, 7) is 1.17. The van der Waals surface area contributed by atoms with E-state index in [1.165, 1.54) is 19.1 Å². The van der Waals surface area contributed by atoms with Crippen LogP contribution in [-0.4, -0.2) is 16.9 Å². The molecule has 0 saturated heterocycles. The highest BCUT2D eigenvalue weighted by molar-refractivity contribution is 5.94. The largest absolute Gasteiger partial charge is 0.481 e. The number of carboxylic acids is 1. The van der Waals surface area contributed by atoms with E-state index >= 15 is 0 Å². The Morgan fingerprint density at radius 2 is 1.94 bits per heavy atom. The molecule has 0 radical (unpaired) electrons. The van der Waals surface area contributed by atoms with Gasteiger partial charge in [-0.2, -0.15) is 0 Å². The minimum atomic E-state index is -1.06. The SMILES string of the molecule is CC(=O)c1cc(C=CCC(=O)O)c(F)cc1F. The molecule has 1 aromatic rings. The Kier molecular flexibility index (Phi) is 4.09. The van der Waals surface area contributed by atoms with Gasteiger partial charge in [-0.25, -0.2) is 8.78 Å². The first-order valence-electron chi connectivity index (χ1n) is 4.80. The molecule has 1 rings (SSSR count). The number of carbonyl (C=O) groups excluding carboxylic acids is 1. The summed E-state index contributed by atoms with van der Waals surface area (Å²) in [6.07, 6.45) is 2.16. The third kappa shape index (κ3) is 3.48. The number of carbonyl (C=O) groups is 2. The number of rotatable bonds is 4. The highest BCUT2D eigenvalue weighted by Crippen LogP contribution is 2.17. The molecule has 0 bridgehead atoms. The Balaban J connectivity index is 3.07. The van der Waals surface area contributed by atoms with Crippen molar-refractivity contribution < 1.29 is 23.5 Å². The Morgan fingerprint density at radius 1 is 1.29 bits per heavy atom. The van der Waals surface area contributed by atoms with Crippen molar-refractivity contribution in [3.05, 3.63) is 41.0 Å². The van der Waals surface area contributed by atoms with Gasteiger partial charge in [-0.3, -0.25) is 9.59 Å². The van der Waals surface area contributed by atoms with E-state index in [2.05, 4.69) is 0 Å². The molecule has 0 amide bonds. The Morgan fingerprint density at radius 3 is 2.47 bits per heavy atom. The van der Waals surface area contributed by atoms with Gasteiger partial charge in [-0.1, -0.05) is 12.2 Å². The zero-order chi connectivity index (χ0) is 13.0. The number of benzene rings is 1. The van der Waals surface area contributed by atoms with E-state index < -0.39 is 23.4 Å². The van der Waals surface area contributed by atoms with Gasteiger partial charge < -0.3 is 5.11 Å². The monoisotopic (exact) mass is 240 g/mol. The number of halogens is 2. The lowest BCUT2D eigenvalue weighted by atomic mass is 10.1. The molecule has 0 aliphatic carbocycles. The molecule has 0 aromatic heterocycles. The van der Waals surface area contributed by atoms with Crippen molar-refractivity contribution in [1.82, 2.24) is 0 Å². The summed E-state index contributed by atoms with van der Waals surface area (Å²) >= 11 is 0. The molecule has 3 nitrogen and oxygen atoms in total. The predicted molar refractivity (Wildman–Crippen MR) is 57.6 cm³/mol. The van der Waals surface area contributed by atoms with E-state index in [0.717, 1.165) is 6.07 Å². The minimum absolute atomic E-state index is 0.0159. The first kappa shape index (κ1) is 13.0. The van der Waals surface area contributed by atoms with E-state index in [4.69, 9.17) is 5.11 Å². The number of carboxylic acid groups (broad SMARTS) is 1. The van der Waals surface area contributed by atoms with E-state index in [0.29, 0.717) is 6.07 Å². The Hall–Kier alpha value is -2.04. The quantitative estimate of drug-likeness (QED) is 0.823. The van der Waals surface area contributed by atoms with Gasteiger partial charge in [-0.15, -0.1) is 0 Å². The summed E-state index contributed by atoms with van der Waals surface area (Å²) in [6, 6.07) is 1.67. The van der Waals surface area contributed by atoms with Gasteiger partial charge in [0, 0.05) is 11.6 Å². The fourth-order valence-corrected chi connectivity index (χ4v) is 1.25. The zero-order valence-corrected chi connectivity index (χ0v) is 9.04. The van der Waals surface area contributed by atoms with Gasteiger partial charge in [0.15, 0.2) is 5.78 Å². The highest BCUT2D eigenvalue weighted by atomic mass is 19.1.